The van der Waals surface area contributed by atoms with E-state index in [1.807, 2.05) is 12.1 Å². The third-order valence-electron chi connectivity index (χ3n) is 2.08. The molecule has 0 amide bonds. The van der Waals surface area contributed by atoms with E-state index in [1.165, 1.54) is 0 Å². The second kappa shape index (κ2) is 3.40. The van der Waals surface area contributed by atoms with Gasteiger partial charge in [0, 0.05) is 16.0 Å². The van der Waals surface area contributed by atoms with Gasteiger partial charge in [-0.05, 0) is 28.6 Å². The fourth-order valence-electron chi connectivity index (χ4n) is 1.47. The van der Waals surface area contributed by atoms with E-state index in [0.717, 1.165) is 5.39 Å². The van der Waals surface area contributed by atoms with Gasteiger partial charge in [-0.25, -0.2) is 0 Å². The largest absolute Gasteiger partial charge is 0.768 e. The lowest BCUT2D eigenvalue weighted by molar-refractivity contribution is 0.538. The first kappa shape index (κ1) is 9.18. The van der Waals surface area contributed by atoms with Crippen molar-refractivity contribution in [2.45, 2.75) is 4.90 Å². The normalized spacial score (nSPS) is 12.9. The second-order valence-electron chi connectivity index (χ2n) is 2.94. The number of anilines is 1. The summed E-state index contributed by atoms with van der Waals surface area (Å²) in [5.41, 5.74) is 6.21. The zero-order chi connectivity index (χ0) is 10.1. The van der Waals surface area contributed by atoms with E-state index in [-0.39, 0.29) is 4.90 Å². The first-order chi connectivity index (χ1) is 6.70. The van der Waals surface area contributed by atoms with Gasteiger partial charge >= 0.3 is 0 Å². The zero-order valence-electron chi connectivity index (χ0n) is 7.27. The molecule has 72 valence electrons. The Morgan fingerprint density at radius 3 is 2.43 bits per heavy atom. The summed E-state index contributed by atoms with van der Waals surface area (Å²) in [6.45, 7) is 0. The molecule has 2 N–H and O–H groups in total. The molecular formula is C10H8NO2S-. The van der Waals surface area contributed by atoms with Crippen LogP contribution in [0.2, 0.25) is 0 Å². The predicted molar refractivity (Wildman–Crippen MR) is 55.5 cm³/mol. The third kappa shape index (κ3) is 1.38. The molecule has 0 saturated carbocycles. The fraction of sp³-hybridized carbons (Fsp3) is 0. The summed E-state index contributed by atoms with van der Waals surface area (Å²) in [5.74, 6) is 0. The molecule has 0 aliphatic heterocycles. The van der Waals surface area contributed by atoms with Crippen LogP contribution in [-0.4, -0.2) is 8.76 Å². The van der Waals surface area contributed by atoms with Crippen molar-refractivity contribution in [2.75, 3.05) is 5.73 Å². The number of nitrogens with two attached hydrogens (primary N) is 1. The molecule has 0 bridgehead atoms. The monoisotopic (exact) mass is 206 g/mol. The van der Waals surface area contributed by atoms with Crippen LogP contribution in [-0.2, 0) is 11.1 Å². The fourth-order valence-corrected chi connectivity index (χ4v) is 2.07. The van der Waals surface area contributed by atoms with Crippen molar-refractivity contribution in [3.05, 3.63) is 36.4 Å². The van der Waals surface area contributed by atoms with Crippen LogP contribution in [0, 0.1) is 0 Å². The van der Waals surface area contributed by atoms with Crippen molar-refractivity contribution in [3.63, 3.8) is 0 Å². The molecule has 1 atom stereocenters. The Balaban J connectivity index is 2.91. The van der Waals surface area contributed by atoms with Gasteiger partial charge in [0.15, 0.2) is 0 Å². The van der Waals surface area contributed by atoms with Crippen LogP contribution < -0.4 is 5.73 Å². The lowest BCUT2D eigenvalue weighted by Gasteiger charge is -2.10. The Hall–Kier alpha value is -1.39. The average molecular weight is 206 g/mol. The molecule has 14 heavy (non-hydrogen) atoms. The molecule has 4 heteroatoms. The van der Waals surface area contributed by atoms with Crippen molar-refractivity contribution in [1.29, 1.82) is 0 Å². The summed E-state index contributed by atoms with van der Waals surface area (Å²) in [6, 6.07) is 10.4. The van der Waals surface area contributed by atoms with Crippen LogP contribution in [0.5, 0.6) is 0 Å². The Morgan fingerprint density at radius 2 is 1.79 bits per heavy atom. The van der Waals surface area contributed by atoms with Gasteiger partial charge in [-0.3, -0.25) is 4.21 Å². The Morgan fingerprint density at radius 1 is 1.14 bits per heavy atom. The molecule has 0 aliphatic rings. The minimum atomic E-state index is -2.24. The Bertz CT molecular complexity index is 505. The summed E-state index contributed by atoms with van der Waals surface area (Å²) in [6.07, 6.45) is 0. The number of fused-ring (bicyclic) bond motifs is 1. The highest BCUT2D eigenvalue weighted by Crippen LogP contribution is 2.26. The van der Waals surface area contributed by atoms with Crippen LogP contribution in [0.3, 0.4) is 0 Å². The maximum atomic E-state index is 10.9. The van der Waals surface area contributed by atoms with Gasteiger partial charge in [-0.15, -0.1) is 0 Å². The molecular weight excluding hydrogens is 198 g/mol. The van der Waals surface area contributed by atoms with Crippen molar-refractivity contribution < 1.29 is 8.76 Å². The lowest BCUT2D eigenvalue weighted by Crippen LogP contribution is -1.94. The van der Waals surface area contributed by atoms with Crippen LogP contribution in [0.15, 0.2) is 41.3 Å². The van der Waals surface area contributed by atoms with E-state index in [4.69, 9.17) is 5.73 Å². The van der Waals surface area contributed by atoms with E-state index in [2.05, 4.69) is 0 Å². The van der Waals surface area contributed by atoms with Gasteiger partial charge in [0.05, 0.1) is 0 Å². The van der Waals surface area contributed by atoms with Crippen molar-refractivity contribution in [2.24, 2.45) is 0 Å². The smallest absolute Gasteiger partial charge is 0.0405 e. The molecule has 0 heterocycles. The van der Waals surface area contributed by atoms with Crippen molar-refractivity contribution in [1.82, 2.24) is 0 Å². The molecule has 2 aromatic carbocycles. The molecule has 0 fully saturated rings. The summed E-state index contributed by atoms with van der Waals surface area (Å²) >= 11 is -2.24. The molecule has 2 aromatic rings. The zero-order valence-corrected chi connectivity index (χ0v) is 8.08. The number of hydrogen-bond donors (Lipinski definition) is 1. The summed E-state index contributed by atoms with van der Waals surface area (Å²) in [4.78, 5) is 0.251. The van der Waals surface area contributed by atoms with Gasteiger partial charge < -0.3 is 10.3 Å². The summed E-state index contributed by atoms with van der Waals surface area (Å²) in [7, 11) is 0. The molecule has 0 aliphatic carbocycles. The molecule has 0 spiro atoms. The number of benzene rings is 2. The van der Waals surface area contributed by atoms with Crippen LogP contribution in [0.4, 0.5) is 5.69 Å². The van der Waals surface area contributed by atoms with Gasteiger partial charge in [0.25, 0.3) is 0 Å². The summed E-state index contributed by atoms with van der Waals surface area (Å²) in [5, 5.41) is 1.44. The first-order valence-corrected chi connectivity index (χ1v) is 5.14. The topological polar surface area (TPSA) is 66.2 Å². The lowest BCUT2D eigenvalue weighted by atomic mass is 10.1. The molecule has 1 unspecified atom stereocenters. The van der Waals surface area contributed by atoms with Gasteiger partial charge in [0.2, 0.25) is 0 Å². The van der Waals surface area contributed by atoms with Gasteiger partial charge in [-0.2, -0.15) is 0 Å². The number of nitrogen functional groups attached to an aromatic ring is 1. The predicted octanol–water partition coefficient (Wildman–Crippen LogP) is 1.66. The third-order valence-corrected chi connectivity index (χ3v) is 2.78. The second-order valence-corrected chi connectivity index (χ2v) is 3.85. The van der Waals surface area contributed by atoms with Crippen molar-refractivity contribution in [3.8, 4) is 0 Å². The highest BCUT2D eigenvalue weighted by Gasteiger charge is 2.03. The number of rotatable bonds is 1. The van der Waals surface area contributed by atoms with E-state index >= 15 is 0 Å². The molecule has 2 rings (SSSR count). The molecule has 3 nitrogen and oxygen atoms in total. The SMILES string of the molecule is Nc1cccc2cccc(S(=O)[O-])c12. The highest BCUT2D eigenvalue weighted by molar-refractivity contribution is 7.79. The standard InChI is InChI=1S/C10H9NO2S/c11-8-5-1-3-7-4-2-6-9(10(7)8)14(12)13/h1-6H,11H2,(H,12,13)/p-1. The Kier molecular flexibility index (Phi) is 2.23. The molecule has 0 radical (unpaired) electrons. The van der Waals surface area contributed by atoms with Crippen LogP contribution >= 0.6 is 0 Å². The van der Waals surface area contributed by atoms with E-state index < -0.39 is 11.1 Å². The average Bonchev–Trinajstić information content (AvgIpc) is 2.17. The maximum Gasteiger partial charge on any atom is 0.0405 e. The minimum Gasteiger partial charge on any atom is -0.768 e. The minimum absolute atomic E-state index is 0.251. The highest BCUT2D eigenvalue weighted by atomic mass is 32.2. The molecule has 0 saturated heterocycles. The van der Waals surface area contributed by atoms with E-state index in [0.29, 0.717) is 11.1 Å². The quantitative estimate of drug-likeness (QED) is 0.570. The van der Waals surface area contributed by atoms with Crippen LogP contribution in [0.25, 0.3) is 10.8 Å². The molecule has 0 aromatic heterocycles. The van der Waals surface area contributed by atoms with E-state index in [1.54, 1.807) is 24.3 Å². The summed E-state index contributed by atoms with van der Waals surface area (Å²) < 4.78 is 21.8. The first-order valence-electron chi connectivity index (χ1n) is 4.06. The maximum absolute atomic E-state index is 10.9. The number of hydrogen-bond acceptors (Lipinski definition) is 3. The van der Waals surface area contributed by atoms with E-state index in [9.17, 15) is 8.76 Å². The van der Waals surface area contributed by atoms with Crippen LogP contribution in [0.1, 0.15) is 0 Å². The Labute approximate surface area is 83.8 Å². The van der Waals surface area contributed by atoms with Gasteiger partial charge in [-0.1, -0.05) is 24.3 Å². The van der Waals surface area contributed by atoms with Crippen molar-refractivity contribution >= 4 is 27.5 Å². The van der Waals surface area contributed by atoms with Gasteiger partial charge in [0.1, 0.15) is 0 Å².